The predicted octanol–water partition coefficient (Wildman–Crippen LogP) is 1.93. The Kier molecular flexibility index (Phi) is 5.48. The Bertz CT molecular complexity index is 1020. The first-order chi connectivity index (χ1) is 13.0. The molecule has 8 heteroatoms. The highest BCUT2D eigenvalue weighted by molar-refractivity contribution is 5.91. The summed E-state index contributed by atoms with van der Waals surface area (Å²) < 4.78 is 16.0. The van der Waals surface area contributed by atoms with Crippen LogP contribution in [0, 0.1) is 5.82 Å². The molecule has 0 fully saturated rings. The fraction of sp³-hybridized carbons (Fsp3) is 0.316. The van der Waals surface area contributed by atoms with E-state index in [1.165, 1.54) is 21.6 Å². The summed E-state index contributed by atoms with van der Waals surface area (Å²) >= 11 is 0. The smallest absolute Gasteiger partial charge is 0.252 e. The minimum Gasteiger partial charge on any atom is -0.395 e. The van der Waals surface area contributed by atoms with Gasteiger partial charge in [0.2, 0.25) is 5.95 Å². The van der Waals surface area contributed by atoms with Crippen LogP contribution in [0.2, 0.25) is 0 Å². The molecule has 0 aliphatic carbocycles. The molecule has 7 nitrogen and oxygen atoms in total. The summed E-state index contributed by atoms with van der Waals surface area (Å²) in [6.45, 7) is 3.15. The number of pyridine rings is 1. The van der Waals surface area contributed by atoms with Gasteiger partial charge in [0.05, 0.1) is 12.3 Å². The third-order valence-electron chi connectivity index (χ3n) is 4.24. The average molecular weight is 372 g/mol. The summed E-state index contributed by atoms with van der Waals surface area (Å²) in [4.78, 5) is 22.6. The molecule has 2 aromatic heterocycles. The van der Waals surface area contributed by atoms with Crippen LogP contribution < -0.4 is 10.5 Å². The summed E-state index contributed by atoms with van der Waals surface area (Å²) in [6.07, 6.45) is 0. The largest absolute Gasteiger partial charge is 0.395 e. The van der Waals surface area contributed by atoms with E-state index in [4.69, 9.17) is 0 Å². The van der Waals surface area contributed by atoms with Gasteiger partial charge in [0.25, 0.3) is 5.56 Å². The molecule has 0 saturated heterocycles. The zero-order chi connectivity index (χ0) is 19.6. The molecule has 0 radical (unpaired) electrons. The second kappa shape index (κ2) is 7.81. The molecular weight excluding hydrogens is 351 g/mol. The normalized spacial score (nSPS) is 11.3. The zero-order valence-corrected chi connectivity index (χ0v) is 15.1. The molecule has 27 heavy (non-hydrogen) atoms. The van der Waals surface area contributed by atoms with Crippen molar-refractivity contribution in [2.75, 3.05) is 24.8 Å². The molecule has 0 spiro atoms. The summed E-state index contributed by atoms with van der Waals surface area (Å²) in [5, 5.41) is 19.4. The maximum absolute atomic E-state index is 14.5. The average Bonchev–Trinajstić information content (AvgIpc) is 2.65. The van der Waals surface area contributed by atoms with E-state index in [2.05, 4.69) is 9.97 Å². The molecular formula is C19H21FN4O3. The third kappa shape index (κ3) is 3.54. The van der Waals surface area contributed by atoms with Gasteiger partial charge in [-0.3, -0.25) is 9.36 Å². The fourth-order valence-electron chi connectivity index (χ4n) is 2.98. The Labute approximate surface area is 155 Å². The number of rotatable bonds is 6. The van der Waals surface area contributed by atoms with E-state index in [0.29, 0.717) is 16.7 Å². The predicted molar refractivity (Wildman–Crippen MR) is 101 cm³/mol. The van der Waals surface area contributed by atoms with Crippen LogP contribution in [0.15, 0.2) is 41.2 Å². The molecule has 142 valence electrons. The maximum atomic E-state index is 14.5. The van der Waals surface area contributed by atoms with Gasteiger partial charge in [0.15, 0.2) is 0 Å². The van der Waals surface area contributed by atoms with Crippen LogP contribution in [-0.4, -0.2) is 44.6 Å². The van der Waals surface area contributed by atoms with Crippen molar-refractivity contribution in [2.45, 2.75) is 19.9 Å². The minimum absolute atomic E-state index is 0.0947. The first-order valence-electron chi connectivity index (χ1n) is 8.62. The Balaban J connectivity index is 2.41. The summed E-state index contributed by atoms with van der Waals surface area (Å²) in [7, 11) is 0. The molecule has 2 heterocycles. The standard InChI is InChI=1S/C19H21FN4O3/c1-12(2)24-16(27)8-7-14-17(13-5-3-4-6-15(13)20)21-19(22-18(14)24)23(11-26)9-10-25/h3-8,12,25-26H,9-11H2,1-2H3. The van der Waals surface area contributed by atoms with Crippen LogP contribution >= 0.6 is 0 Å². The Hall–Kier alpha value is -2.84. The van der Waals surface area contributed by atoms with Gasteiger partial charge >= 0.3 is 0 Å². The van der Waals surface area contributed by atoms with Gasteiger partial charge in [-0.1, -0.05) is 12.1 Å². The Morgan fingerprint density at radius 2 is 1.89 bits per heavy atom. The summed E-state index contributed by atoms with van der Waals surface area (Å²) in [6, 6.07) is 9.02. The van der Waals surface area contributed by atoms with Crippen molar-refractivity contribution in [2.24, 2.45) is 0 Å². The van der Waals surface area contributed by atoms with Gasteiger partial charge in [-0.25, -0.2) is 9.37 Å². The molecule has 2 N–H and O–H groups in total. The lowest BCUT2D eigenvalue weighted by molar-refractivity contribution is 0.256. The van der Waals surface area contributed by atoms with Gasteiger partial charge in [-0.05, 0) is 32.0 Å². The quantitative estimate of drug-likeness (QED) is 0.643. The number of fused-ring (bicyclic) bond motifs is 1. The molecule has 3 rings (SSSR count). The van der Waals surface area contributed by atoms with Crippen LogP contribution in [0.25, 0.3) is 22.3 Å². The number of aliphatic hydroxyl groups excluding tert-OH is 2. The van der Waals surface area contributed by atoms with E-state index >= 15 is 0 Å². The van der Waals surface area contributed by atoms with Crippen LogP contribution in [0.3, 0.4) is 0 Å². The van der Waals surface area contributed by atoms with Crippen molar-refractivity contribution < 1.29 is 14.6 Å². The van der Waals surface area contributed by atoms with Crippen molar-refractivity contribution >= 4 is 17.0 Å². The number of anilines is 1. The number of nitrogens with zero attached hydrogens (tertiary/aromatic N) is 4. The second-order valence-corrected chi connectivity index (χ2v) is 6.35. The van der Waals surface area contributed by atoms with Crippen molar-refractivity contribution in [1.29, 1.82) is 0 Å². The fourth-order valence-corrected chi connectivity index (χ4v) is 2.98. The van der Waals surface area contributed by atoms with E-state index in [9.17, 15) is 19.4 Å². The number of aliphatic hydroxyl groups is 2. The van der Waals surface area contributed by atoms with Gasteiger partial charge in [-0.15, -0.1) is 0 Å². The van der Waals surface area contributed by atoms with Crippen molar-refractivity contribution in [3.63, 3.8) is 0 Å². The monoisotopic (exact) mass is 372 g/mol. The molecule has 0 saturated carbocycles. The van der Waals surface area contributed by atoms with Gasteiger partial charge in [0.1, 0.15) is 18.2 Å². The minimum atomic E-state index is -0.455. The maximum Gasteiger partial charge on any atom is 0.252 e. The molecule has 0 aliphatic heterocycles. The van der Waals surface area contributed by atoms with Crippen molar-refractivity contribution in [3.05, 3.63) is 52.6 Å². The number of aromatic nitrogens is 3. The van der Waals surface area contributed by atoms with Crippen LogP contribution in [0.5, 0.6) is 0 Å². The molecule has 0 atom stereocenters. The highest BCUT2D eigenvalue weighted by atomic mass is 19.1. The van der Waals surface area contributed by atoms with E-state index in [0.717, 1.165) is 0 Å². The second-order valence-electron chi connectivity index (χ2n) is 6.35. The van der Waals surface area contributed by atoms with Gasteiger partial charge < -0.3 is 15.1 Å². The van der Waals surface area contributed by atoms with Crippen molar-refractivity contribution in [1.82, 2.24) is 14.5 Å². The van der Waals surface area contributed by atoms with Crippen LogP contribution in [0.4, 0.5) is 10.3 Å². The van der Waals surface area contributed by atoms with Gasteiger partial charge in [-0.2, -0.15) is 4.98 Å². The van der Waals surface area contributed by atoms with E-state index < -0.39 is 12.5 Å². The lowest BCUT2D eigenvalue weighted by Gasteiger charge is -2.22. The molecule has 0 amide bonds. The SMILES string of the molecule is CC(C)n1c(=O)ccc2c(-c3ccccc3F)nc(N(CO)CCO)nc21. The number of halogens is 1. The number of hydrogen-bond donors (Lipinski definition) is 2. The van der Waals surface area contributed by atoms with Gasteiger partial charge in [0, 0.05) is 29.6 Å². The number of benzene rings is 1. The number of hydrogen-bond acceptors (Lipinski definition) is 6. The molecule has 3 aromatic rings. The van der Waals surface area contributed by atoms with Crippen molar-refractivity contribution in [3.8, 4) is 11.3 Å². The lowest BCUT2D eigenvalue weighted by atomic mass is 10.1. The zero-order valence-electron chi connectivity index (χ0n) is 15.1. The van der Waals surface area contributed by atoms with E-state index in [1.807, 2.05) is 13.8 Å². The molecule has 1 aromatic carbocycles. The van der Waals surface area contributed by atoms with Crippen LogP contribution in [0.1, 0.15) is 19.9 Å². The lowest BCUT2D eigenvalue weighted by Crippen LogP contribution is -2.30. The summed E-state index contributed by atoms with van der Waals surface area (Å²) in [5.74, 6) is -0.347. The third-order valence-corrected chi connectivity index (χ3v) is 4.24. The molecule has 0 unspecified atom stereocenters. The first kappa shape index (κ1) is 18.9. The topological polar surface area (TPSA) is 91.5 Å². The van der Waals surface area contributed by atoms with E-state index in [-0.39, 0.29) is 36.3 Å². The van der Waals surface area contributed by atoms with E-state index in [1.54, 1.807) is 24.3 Å². The molecule has 0 aliphatic rings. The van der Waals surface area contributed by atoms with Crippen LogP contribution in [-0.2, 0) is 0 Å². The highest BCUT2D eigenvalue weighted by Gasteiger charge is 2.19. The Morgan fingerprint density at radius 1 is 1.15 bits per heavy atom. The first-order valence-corrected chi connectivity index (χ1v) is 8.62. The highest BCUT2D eigenvalue weighted by Crippen LogP contribution is 2.30. The summed E-state index contributed by atoms with van der Waals surface area (Å²) in [5.41, 5.74) is 0.692. The molecule has 0 bridgehead atoms. The Morgan fingerprint density at radius 3 is 2.52 bits per heavy atom.